The molecule has 0 amide bonds. The number of esters is 1. The largest absolute Gasteiger partial charge is 0.466 e. The van der Waals surface area contributed by atoms with Gasteiger partial charge in [-0.2, -0.15) is 0 Å². The Hall–Kier alpha value is -0.870. The molecule has 2 N–H and O–H groups in total. The Morgan fingerprint density at radius 1 is 1.38 bits per heavy atom. The van der Waals surface area contributed by atoms with Gasteiger partial charge in [0, 0.05) is 12.8 Å². The first kappa shape index (κ1) is 19.9. The predicted octanol–water partition coefficient (Wildman–Crippen LogP) is 3.71. The number of aliphatic hydroxyl groups is 2. The summed E-state index contributed by atoms with van der Waals surface area (Å²) in [5.41, 5.74) is 0.722. The molecular formula is C22H36O4. The molecule has 3 aliphatic rings. The molecule has 7 atom stereocenters. The van der Waals surface area contributed by atoms with Crippen LogP contribution in [-0.4, -0.2) is 34.5 Å². The molecule has 26 heavy (non-hydrogen) atoms. The highest BCUT2D eigenvalue weighted by Gasteiger charge is 2.55. The van der Waals surface area contributed by atoms with Crippen LogP contribution in [0, 0.1) is 35.0 Å². The fourth-order valence-electron chi connectivity index (χ4n) is 6.30. The van der Waals surface area contributed by atoms with Crippen molar-refractivity contribution < 1.29 is 19.7 Å². The maximum atomic E-state index is 11.3. The highest BCUT2D eigenvalue weighted by atomic mass is 16.5. The third kappa shape index (κ3) is 3.47. The van der Waals surface area contributed by atoms with Crippen LogP contribution in [0.4, 0.5) is 0 Å². The van der Waals surface area contributed by atoms with E-state index in [0.717, 1.165) is 6.42 Å². The maximum absolute atomic E-state index is 11.3. The second-order valence-corrected chi connectivity index (χ2v) is 9.93. The molecule has 0 saturated heterocycles. The number of hydrogen-bond donors (Lipinski definition) is 2. The van der Waals surface area contributed by atoms with Gasteiger partial charge in [0.2, 0.25) is 0 Å². The van der Waals surface area contributed by atoms with Crippen LogP contribution in [0.2, 0.25) is 0 Å². The molecule has 2 saturated carbocycles. The zero-order chi connectivity index (χ0) is 19.3. The van der Waals surface area contributed by atoms with Gasteiger partial charge >= 0.3 is 5.97 Å². The van der Waals surface area contributed by atoms with Gasteiger partial charge in [0.25, 0.3) is 0 Å². The molecule has 0 radical (unpaired) electrons. The number of fused-ring (bicyclic) bond motifs is 2. The lowest BCUT2D eigenvalue weighted by molar-refractivity contribution is -0.143. The lowest BCUT2D eigenvalue weighted by Crippen LogP contribution is -2.45. The van der Waals surface area contributed by atoms with Gasteiger partial charge in [-0.1, -0.05) is 32.4 Å². The molecule has 3 aliphatic carbocycles. The summed E-state index contributed by atoms with van der Waals surface area (Å²) >= 11 is 0. The molecule has 0 aromatic heterocycles. The zero-order valence-corrected chi connectivity index (χ0v) is 17.0. The first-order valence-electron chi connectivity index (χ1n) is 10.3. The number of aliphatic hydroxyl groups excluding tert-OH is 1. The van der Waals surface area contributed by atoms with Crippen molar-refractivity contribution in [3.63, 3.8) is 0 Å². The van der Waals surface area contributed by atoms with Crippen molar-refractivity contribution in [1.29, 1.82) is 0 Å². The highest BCUT2D eigenvalue weighted by molar-refractivity contribution is 5.65. The van der Waals surface area contributed by atoms with Crippen LogP contribution in [-0.2, 0) is 9.53 Å². The summed E-state index contributed by atoms with van der Waals surface area (Å²) in [6.07, 6.45) is 6.31. The second-order valence-electron chi connectivity index (χ2n) is 9.93. The minimum absolute atomic E-state index is 0.125. The quantitative estimate of drug-likeness (QED) is 0.592. The summed E-state index contributed by atoms with van der Waals surface area (Å²) in [5, 5.41) is 22.0. The monoisotopic (exact) mass is 364 g/mol. The van der Waals surface area contributed by atoms with E-state index in [1.54, 1.807) is 0 Å². The normalized spacial score (nSPS) is 45.5. The molecule has 148 valence electrons. The molecular weight excluding hydrogens is 328 g/mol. The Morgan fingerprint density at radius 3 is 2.69 bits per heavy atom. The summed E-state index contributed by atoms with van der Waals surface area (Å²) < 4.78 is 5.32. The van der Waals surface area contributed by atoms with E-state index in [-0.39, 0.29) is 29.1 Å². The molecule has 0 aliphatic heterocycles. The van der Waals surface area contributed by atoms with Crippen LogP contribution >= 0.6 is 0 Å². The van der Waals surface area contributed by atoms with Gasteiger partial charge in [0.1, 0.15) is 0 Å². The fourth-order valence-corrected chi connectivity index (χ4v) is 6.30. The Morgan fingerprint density at radius 2 is 2.08 bits per heavy atom. The lowest BCUT2D eigenvalue weighted by Gasteiger charge is -2.43. The zero-order valence-electron chi connectivity index (χ0n) is 17.0. The van der Waals surface area contributed by atoms with Gasteiger partial charge < -0.3 is 14.9 Å². The minimum Gasteiger partial charge on any atom is -0.466 e. The second kappa shape index (κ2) is 6.94. The van der Waals surface area contributed by atoms with E-state index < -0.39 is 11.7 Å². The van der Waals surface area contributed by atoms with Crippen molar-refractivity contribution in [3.8, 4) is 0 Å². The number of carbonyl (C=O) groups is 1. The van der Waals surface area contributed by atoms with Crippen molar-refractivity contribution in [2.75, 3.05) is 6.61 Å². The third-order valence-electron chi connectivity index (χ3n) is 7.57. The summed E-state index contributed by atoms with van der Waals surface area (Å²) in [6, 6.07) is 0. The Kier molecular flexibility index (Phi) is 5.31. The Labute approximate surface area is 158 Å². The Balaban J connectivity index is 1.94. The number of carbonyl (C=O) groups excluding carboxylic acids is 1. The van der Waals surface area contributed by atoms with Crippen LogP contribution in [0.3, 0.4) is 0 Å². The lowest BCUT2D eigenvalue weighted by atomic mass is 9.64. The molecule has 2 fully saturated rings. The molecule has 0 aromatic carbocycles. The summed E-state index contributed by atoms with van der Waals surface area (Å²) in [7, 11) is 0. The summed E-state index contributed by atoms with van der Waals surface area (Å²) in [4.78, 5) is 11.3. The van der Waals surface area contributed by atoms with E-state index in [2.05, 4.69) is 26.8 Å². The smallest absolute Gasteiger partial charge is 0.302 e. The first-order valence-corrected chi connectivity index (χ1v) is 10.3. The van der Waals surface area contributed by atoms with Gasteiger partial charge in [0.05, 0.1) is 18.3 Å². The van der Waals surface area contributed by atoms with Crippen molar-refractivity contribution in [2.24, 2.45) is 35.0 Å². The van der Waals surface area contributed by atoms with E-state index in [0.29, 0.717) is 31.3 Å². The van der Waals surface area contributed by atoms with Gasteiger partial charge in [-0.05, 0) is 68.1 Å². The fraction of sp³-hybridized carbons (Fsp3) is 0.864. The van der Waals surface area contributed by atoms with E-state index in [1.807, 2.05) is 6.92 Å². The van der Waals surface area contributed by atoms with Crippen LogP contribution in [0.25, 0.3) is 0 Å². The van der Waals surface area contributed by atoms with Crippen LogP contribution in [0.5, 0.6) is 0 Å². The Bertz CT molecular complexity index is 579. The van der Waals surface area contributed by atoms with Crippen LogP contribution in [0.15, 0.2) is 11.6 Å². The number of allylic oxidation sites excluding steroid dienone is 1. The van der Waals surface area contributed by atoms with Crippen molar-refractivity contribution in [3.05, 3.63) is 11.6 Å². The first-order chi connectivity index (χ1) is 12.0. The molecule has 0 bridgehead atoms. The van der Waals surface area contributed by atoms with Crippen LogP contribution in [0.1, 0.15) is 66.7 Å². The standard InChI is InChI=1S/C22H36O4/c1-13(2)16-6-8-21(4)11-17-15(12-26-14(3)23)10-19(24)20(17)22(5,25)9-7-18(16)21/h7,13,15-17,19-20,24-25H,6,8-12H2,1-5H3/t15-,16+,17+,19+,20-,21+,22-/m0/s1. The van der Waals surface area contributed by atoms with E-state index in [4.69, 9.17) is 4.74 Å². The highest BCUT2D eigenvalue weighted by Crippen LogP contribution is 2.59. The van der Waals surface area contributed by atoms with E-state index >= 15 is 0 Å². The molecule has 0 spiro atoms. The number of rotatable bonds is 3. The van der Waals surface area contributed by atoms with Gasteiger partial charge in [0.15, 0.2) is 0 Å². The van der Waals surface area contributed by atoms with Crippen molar-refractivity contribution >= 4 is 5.97 Å². The topological polar surface area (TPSA) is 66.8 Å². The number of ether oxygens (including phenoxy) is 1. The van der Waals surface area contributed by atoms with E-state index in [9.17, 15) is 15.0 Å². The summed E-state index contributed by atoms with van der Waals surface area (Å²) in [5.74, 6) is 1.07. The molecule has 3 rings (SSSR count). The molecule has 0 aromatic rings. The number of hydrogen-bond acceptors (Lipinski definition) is 4. The molecule has 4 heteroatoms. The third-order valence-corrected chi connectivity index (χ3v) is 7.57. The van der Waals surface area contributed by atoms with Crippen LogP contribution < -0.4 is 0 Å². The van der Waals surface area contributed by atoms with Gasteiger partial charge in [-0.25, -0.2) is 0 Å². The van der Waals surface area contributed by atoms with Crippen molar-refractivity contribution in [2.45, 2.75) is 78.4 Å². The SMILES string of the molecule is CC(=O)OC[C@@H]1C[C@@H](O)[C@@H]2[C@@H]1C[C@@]1(C)CC[C@H](C(C)C)C1=CC[C@]2(C)O. The average molecular weight is 365 g/mol. The van der Waals surface area contributed by atoms with E-state index in [1.165, 1.54) is 25.3 Å². The molecule has 0 heterocycles. The minimum atomic E-state index is -0.923. The predicted molar refractivity (Wildman–Crippen MR) is 101 cm³/mol. The summed E-state index contributed by atoms with van der Waals surface area (Å²) in [6.45, 7) is 10.6. The average Bonchev–Trinajstić information content (AvgIpc) is 2.99. The van der Waals surface area contributed by atoms with Gasteiger partial charge in [-0.3, -0.25) is 4.79 Å². The molecule has 0 unspecified atom stereocenters. The van der Waals surface area contributed by atoms with Crippen molar-refractivity contribution in [1.82, 2.24) is 0 Å². The molecule has 4 nitrogen and oxygen atoms in total. The van der Waals surface area contributed by atoms with Gasteiger partial charge in [-0.15, -0.1) is 0 Å². The maximum Gasteiger partial charge on any atom is 0.302 e.